The second kappa shape index (κ2) is 6.41. The van der Waals surface area contributed by atoms with Crippen LogP contribution in [-0.2, 0) is 6.61 Å². The van der Waals surface area contributed by atoms with Crippen molar-refractivity contribution in [3.63, 3.8) is 0 Å². The first-order valence-electron chi connectivity index (χ1n) is 5.88. The molecule has 0 heterocycles. The molecular weight excluding hydrogens is 388 g/mol. The molecule has 0 bridgehead atoms. The van der Waals surface area contributed by atoms with Crippen molar-refractivity contribution < 1.29 is 14.6 Å². The second-order valence-electron chi connectivity index (χ2n) is 4.31. The van der Waals surface area contributed by atoms with Crippen LogP contribution < -0.4 is 4.74 Å². The van der Waals surface area contributed by atoms with Gasteiger partial charge in [0, 0.05) is 14.5 Å². The summed E-state index contributed by atoms with van der Waals surface area (Å²) >= 11 is 6.78. The Hall–Kier alpha value is -1.33. The van der Waals surface area contributed by atoms with Crippen LogP contribution in [0.15, 0.2) is 45.3 Å². The highest BCUT2D eigenvalue weighted by Gasteiger charge is 2.08. The third kappa shape index (κ3) is 3.61. The van der Waals surface area contributed by atoms with E-state index in [-0.39, 0.29) is 5.56 Å². The number of aromatic carboxylic acids is 1. The molecule has 0 amide bonds. The molecule has 0 aromatic heterocycles. The van der Waals surface area contributed by atoms with Crippen LogP contribution in [0.4, 0.5) is 0 Å². The Balaban J connectivity index is 2.15. The number of hydrogen-bond acceptors (Lipinski definition) is 2. The van der Waals surface area contributed by atoms with Gasteiger partial charge in [0.15, 0.2) is 0 Å². The van der Waals surface area contributed by atoms with Crippen molar-refractivity contribution in [2.24, 2.45) is 0 Å². The second-order valence-corrected chi connectivity index (χ2v) is 6.08. The summed E-state index contributed by atoms with van der Waals surface area (Å²) < 4.78 is 7.46. The molecule has 104 valence electrons. The summed E-state index contributed by atoms with van der Waals surface area (Å²) in [5.41, 5.74) is 2.19. The molecule has 3 nitrogen and oxygen atoms in total. The van der Waals surface area contributed by atoms with Gasteiger partial charge in [0.1, 0.15) is 12.4 Å². The SMILES string of the molecule is Cc1ccc(Br)cc1OCc1ccc(C(=O)O)cc1Br. The minimum Gasteiger partial charge on any atom is -0.489 e. The Labute approximate surface area is 133 Å². The number of rotatable bonds is 4. The number of halogens is 2. The fourth-order valence-corrected chi connectivity index (χ4v) is 2.52. The van der Waals surface area contributed by atoms with Gasteiger partial charge in [0.05, 0.1) is 5.56 Å². The Morgan fingerprint density at radius 2 is 1.95 bits per heavy atom. The van der Waals surface area contributed by atoms with E-state index in [1.54, 1.807) is 18.2 Å². The summed E-state index contributed by atoms with van der Waals surface area (Å²) in [6.07, 6.45) is 0. The van der Waals surface area contributed by atoms with E-state index in [4.69, 9.17) is 9.84 Å². The van der Waals surface area contributed by atoms with Crippen LogP contribution in [0.3, 0.4) is 0 Å². The van der Waals surface area contributed by atoms with Crippen LogP contribution in [0.2, 0.25) is 0 Å². The molecule has 5 heteroatoms. The van der Waals surface area contributed by atoms with Crippen molar-refractivity contribution in [2.45, 2.75) is 13.5 Å². The predicted octanol–water partition coefficient (Wildman–Crippen LogP) is 4.80. The molecule has 0 saturated carbocycles. The average Bonchev–Trinajstić information content (AvgIpc) is 2.40. The molecule has 2 rings (SSSR count). The van der Waals surface area contributed by atoms with E-state index in [9.17, 15) is 4.79 Å². The van der Waals surface area contributed by atoms with Crippen LogP contribution in [-0.4, -0.2) is 11.1 Å². The highest BCUT2D eigenvalue weighted by molar-refractivity contribution is 9.10. The Bertz CT molecular complexity index is 654. The number of carboxylic acids is 1. The number of ether oxygens (including phenoxy) is 1. The van der Waals surface area contributed by atoms with Gasteiger partial charge in [-0.15, -0.1) is 0 Å². The topological polar surface area (TPSA) is 46.5 Å². The van der Waals surface area contributed by atoms with Gasteiger partial charge in [-0.05, 0) is 36.8 Å². The molecule has 2 aromatic carbocycles. The van der Waals surface area contributed by atoms with Crippen molar-refractivity contribution in [2.75, 3.05) is 0 Å². The zero-order chi connectivity index (χ0) is 14.7. The summed E-state index contributed by atoms with van der Waals surface area (Å²) in [7, 11) is 0. The monoisotopic (exact) mass is 398 g/mol. The number of hydrogen-bond donors (Lipinski definition) is 1. The maximum atomic E-state index is 10.9. The molecule has 0 fully saturated rings. The fourth-order valence-electron chi connectivity index (χ4n) is 1.68. The number of aryl methyl sites for hydroxylation is 1. The van der Waals surface area contributed by atoms with Gasteiger partial charge in [-0.2, -0.15) is 0 Å². The lowest BCUT2D eigenvalue weighted by Gasteiger charge is -2.11. The average molecular weight is 400 g/mol. The Morgan fingerprint density at radius 1 is 1.20 bits per heavy atom. The van der Waals surface area contributed by atoms with E-state index in [0.717, 1.165) is 25.8 Å². The Morgan fingerprint density at radius 3 is 2.60 bits per heavy atom. The van der Waals surface area contributed by atoms with Crippen molar-refractivity contribution in [1.82, 2.24) is 0 Å². The van der Waals surface area contributed by atoms with Gasteiger partial charge in [0.25, 0.3) is 0 Å². The van der Waals surface area contributed by atoms with Crippen molar-refractivity contribution in [1.29, 1.82) is 0 Å². The third-order valence-electron chi connectivity index (χ3n) is 2.83. The van der Waals surface area contributed by atoms with Crippen molar-refractivity contribution in [3.8, 4) is 5.75 Å². The molecule has 0 aliphatic carbocycles. The number of benzene rings is 2. The largest absolute Gasteiger partial charge is 0.489 e. The van der Waals surface area contributed by atoms with Crippen molar-refractivity contribution in [3.05, 3.63) is 62.0 Å². The van der Waals surface area contributed by atoms with Crippen LogP contribution >= 0.6 is 31.9 Å². The summed E-state index contributed by atoms with van der Waals surface area (Å²) in [4.78, 5) is 10.9. The zero-order valence-electron chi connectivity index (χ0n) is 10.7. The maximum absolute atomic E-state index is 10.9. The van der Waals surface area contributed by atoms with Crippen LogP contribution in [0.25, 0.3) is 0 Å². The summed E-state index contributed by atoms with van der Waals surface area (Å²) in [6, 6.07) is 10.7. The summed E-state index contributed by atoms with van der Waals surface area (Å²) in [5.74, 6) is -0.144. The molecule has 20 heavy (non-hydrogen) atoms. The predicted molar refractivity (Wildman–Crippen MR) is 84.3 cm³/mol. The first kappa shape index (κ1) is 15.1. The van der Waals surface area contributed by atoms with E-state index in [0.29, 0.717) is 6.61 Å². The van der Waals surface area contributed by atoms with Crippen LogP contribution in [0.1, 0.15) is 21.5 Å². The third-order valence-corrected chi connectivity index (χ3v) is 4.06. The lowest BCUT2D eigenvalue weighted by molar-refractivity contribution is 0.0696. The minimum absolute atomic E-state index is 0.249. The van der Waals surface area contributed by atoms with Crippen molar-refractivity contribution >= 4 is 37.8 Å². The first-order valence-corrected chi connectivity index (χ1v) is 7.46. The molecular formula is C15H12Br2O3. The van der Waals surface area contributed by atoms with E-state index in [2.05, 4.69) is 31.9 Å². The molecule has 0 atom stereocenters. The van der Waals surface area contributed by atoms with Gasteiger partial charge in [-0.3, -0.25) is 0 Å². The van der Waals surface area contributed by atoms with Gasteiger partial charge in [0.2, 0.25) is 0 Å². The smallest absolute Gasteiger partial charge is 0.335 e. The quantitative estimate of drug-likeness (QED) is 0.803. The van der Waals surface area contributed by atoms with E-state index >= 15 is 0 Å². The number of carbonyl (C=O) groups is 1. The van der Waals surface area contributed by atoms with Gasteiger partial charge in [-0.1, -0.05) is 44.0 Å². The van der Waals surface area contributed by atoms with E-state index in [1.165, 1.54) is 0 Å². The molecule has 0 spiro atoms. The molecule has 0 unspecified atom stereocenters. The molecule has 0 aliphatic heterocycles. The van der Waals surface area contributed by atoms with Gasteiger partial charge >= 0.3 is 5.97 Å². The van der Waals surface area contributed by atoms with Gasteiger partial charge in [-0.25, -0.2) is 4.79 Å². The molecule has 0 aliphatic rings. The normalized spacial score (nSPS) is 10.3. The van der Waals surface area contributed by atoms with Crippen LogP contribution in [0, 0.1) is 6.92 Å². The first-order chi connectivity index (χ1) is 9.47. The van der Waals surface area contributed by atoms with Crippen LogP contribution in [0.5, 0.6) is 5.75 Å². The zero-order valence-corrected chi connectivity index (χ0v) is 13.9. The highest BCUT2D eigenvalue weighted by Crippen LogP contribution is 2.25. The lowest BCUT2D eigenvalue weighted by atomic mass is 10.1. The minimum atomic E-state index is -0.944. The molecule has 0 radical (unpaired) electrons. The molecule has 1 N–H and O–H groups in total. The molecule has 0 saturated heterocycles. The molecule has 2 aromatic rings. The highest BCUT2D eigenvalue weighted by atomic mass is 79.9. The fraction of sp³-hybridized carbons (Fsp3) is 0.133. The standard InChI is InChI=1S/C15H12Br2O3/c1-9-2-5-12(16)7-14(9)20-8-11-4-3-10(15(18)19)6-13(11)17/h2-7H,8H2,1H3,(H,18,19). The summed E-state index contributed by atoms with van der Waals surface area (Å²) in [5, 5.41) is 8.92. The van der Waals surface area contributed by atoms with Gasteiger partial charge < -0.3 is 9.84 Å². The Kier molecular flexibility index (Phi) is 4.83. The number of carboxylic acid groups (broad SMARTS) is 1. The summed E-state index contributed by atoms with van der Waals surface area (Å²) in [6.45, 7) is 2.35. The maximum Gasteiger partial charge on any atom is 0.335 e. The van der Waals surface area contributed by atoms with E-state index < -0.39 is 5.97 Å². The van der Waals surface area contributed by atoms with E-state index in [1.807, 2.05) is 25.1 Å². The lowest BCUT2D eigenvalue weighted by Crippen LogP contribution is -2.01.